The summed E-state index contributed by atoms with van der Waals surface area (Å²) in [5, 5.41) is 5.52. The van der Waals surface area contributed by atoms with Crippen LogP contribution >= 0.6 is 12.2 Å². The molecule has 7 heteroatoms. The Labute approximate surface area is 154 Å². The maximum Gasteiger partial charge on any atom is 0.268 e. The zero-order chi connectivity index (χ0) is 18.1. The predicted octanol–water partition coefficient (Wildman–Crippen LogP) is 3.34. The number of hydrogen-bond donors (Lipinski definition) is 1. The van der Waals surface area contributed by atoms with E-state index in [1.54, 1.807) is 24.5 Å². The van der Waals surface area contributed by atoms with E-state index in [4.69, 9.17) is 17.0 Å². The molecule has 0 aliphatic rings. The van der Waals surface area contributed by atoms with Crippen LogP contribution < -0.4 is 15.6 Å². The number of benzene rings is 1. The van der Waals surface area contributed by atoms with Gasteiger partial charge in [0.05, 0.1) is 18.2 Å². The van der Waals surface area contributed by atoms with Crippen LogP contribution in [-0.4, -0.2) is 26.8 Å². The van der Waals surface area contributed by atoms with Gasteiger partial charge >= 0.3 is 0 Å². The number of thiocarbonyl (C=S) groups is 1. The Morgan fingerprint density at radius 2 is 2.12 bits per heavy atom. The Morgan fingerprint density at radius 3 is 2.92 bits per heavy atom. The van der Waals surface area contributed by atoms with Gasteiger partial charge in [0, 0.05) is 28.8 Å². The first-order valence-electron chi connectivity index (χ1n) is 7.87. The molecule has 0 radical (unpaired) electrons. The van der Waals surface area contributed by atoms with Gasteiger partial charge in [0.15, 0.2) is 11.4 Å². The van der Waals surface area contributed by atoms with Gasteiger partial charge in [-0.25, -0.2) is 4.98 Å². The summed E-state index contributed by atoms with van der Waals surface area (Å²) in [7, 11) is 1.54. The molecule has 4 aromatic rings. The third kappa shape index (κ3) is 2.68. The second kappa shape index (κ2) is 6.53. The van der Waals surface area contributed by atoms with Gasteiger partial charge in [0.2, 0.25) is 0 Å². The first kappa shape index (κ1) is 16.2. The summed E-state index contributed by atoms with van der Waals surface area (Å²) in [6.45, 7) is 0. The molecule has 4 rings (SSSR count). The molecule has 0 aliphatic heterocycles. The number of pyridine rings is 2. The minimum absolute atomic E-state index is 0.256. The molecule has 1 N–H and O–H groups in total. The first-order chi connectivity index (χ1) is 12.7. The molecule has 1 aromatic carbocycles. The Balaban J connectivity index is 1.89. The molecule has 0 aliphatic carbocycles. The number of rotatable bonds is 4. The lowest BCUT2D eigenvalue weighted by molar-refractivity contribution is 0.416. The van der Waals surface area contributed by atoms with Crippen molar-refractivity contribution in [3.63, 3.8) is 0 Å². The van der Waals surface area contributed by atoms with Gasteiger partial charge in [-0.2, -0.15) is 0 Å². The highest BCUT2D eigenvalue weighted by Gasteiger charge is 2.14. The molecule has 128 valence electrons. The van der Waals surface area contributed by atoms with E-state index in [2.05, 4.69) is 15.3 Å². The van der Waals surface area contributed by atoms with Crippen LogP contribution in [0.25, 0.3) is 16.6 Å². The molecule has 3 aromatic heterocycles. The number of nitrogens with zero attached hydrogens (tertiary/aromatic N) is 3. The van der Waals surface area contributed by atoms with Crippen LogP contribution in [0.4, 0.5) is 11.5 Å². The molecular weight excluding hydrogens is 348 g/mol. The molecule has 0 saturated carbocycles. The van der Waals surface area contributed by atoms with Crippen molar-refractivity contribution in [1.82, 2.24) is 14.4 Å². The molecule has 0 saturated heterocycles. The van der Waals surface area contributed by atoms with Crippen molar-refractivity contribution in [3.8, 4) is 5.75 Å². The van der Waals surface area contributed by atoms with Crippen LogP contribution in [0.15, 0.2) is 59.7 Å². The SMILES string of the molecule is COc1cccn2c(=O)c(C=S)c(Nc3ccc4ncccc4c3)nc12. The summed E-state index contributed by atoms with van der Waals surface area (Å²) < 4.78 is 6.75. The average molecular weight is 362 g/mol. The van der Waals surface area contributed by atoms with Gasteiger partial charge in [-0.3, -0.25) is 14.2 Å². The van der Waals surface area contributed by atoms with Crippen molar-refractivity contribution >= 4 is 45.6 Å². The number of fused-ring (bicyclic) bond motifs is 2. The second-order valence-corrected chi connectivity index (χ2v) is 5.84. The van der Waals surface area contributed by atoms with E-state index < -0.39 is 0 Å². The normalized spacial score (nSPS) is 10.8. The molecule has 0 spiro atoms. The van der Waals surface area contributed by atoms with Crippen molar-refractivity contribution in [1.29, 1.82) is 0 Å². The van der Waals surface area contributed by atoms with Crippen LogP contribution in [0.2, 0.25) is 0 Å². The summed E-state index contributed by atoms with van der Waals surface area (Å²) in [5.41, 5.74) is 2.16. The lowest BCUT2D eigenvalue weighted by atomic mass is 10.2. The lowest BCUT2D eigenvalue weighted by Gasteiger charge is -2.12. The van der Waals surface area contributed by atoms with E-state index >= 15 is 0 Å². The second-order valence-electron chi connectivity index (χ2n) is 5.60. The van der Waals surface area contributed by atoms with Crippen molar-refractivity contribution in [2.75, 3.05) is 12.4 Å². The topological polar surface area (TPSA) is 68.5 Å². The molecular formula is C19H14N4O2S. The number of ether oxygens (including phenoxy) is 1. The zero-order valence-electron chi connectivity index (χ0n) is 13.8. The maximum absolute atomic E-state index is 12.8. The summed E-state index contributed by atoms with van der Waals surface area (Å²) in [6, 6.07) is 13.1. The van der Waals surface area contributed by atoms with Crippen LogP contribution in [0.1, 0.15) is 5.56 Å². The maximum atomic E-state index is 12.8. The molecule has 6 nitrogen and oxygen atoms in total. The summed E-state index contributed by atoms with van der Waals surface area (Å²) in [5.74, 6) is 0.893. The van der Waals surface area contributed by atoms with E-state index in [0.29, 0.717) is 22.8 Å². The monoisotopic (exact) mass is 362 g/mol. The minimum atomic E-state index is -0.256. The zero-order valence-corrected chi connectivity index (χ0v) is 14.7. The number of methoxy groups -OCH3 is 1. The van der Waals surface area contributed by atoms with Gasteiger partial charge in [0.1, 0.15) is 5.82 Å². The standard InChI is InChI=1S/C19H14N4O2S/c1-25-16-5-3-9-23-18(16)22-17(14(11-26)19(23)24)21-13-6-7-15-12(10-13)4-2-8-20-15/h2-11,21H,1H3. The highest BCUT2D eigenvalue weighted by atomic mass is 32.1. The summed E-state index contributed by atoms with van der Waals surface area (Å²) >= 11 is 5.05. The van der Waals surface area contributed by atoms with Crippen molar-refractivity contribution in [2.24, 2.45) is 0 Å². The van der Waals surface area contributed by atoms with Crippen molar-refractivity contribution in [2.45, 2.75) is 0 Å². The minimum Gasteiger partial charge on any atom is -0.493 e. The van der Waals surface area contributed by atoms with E-state index in [0.717, 1.165) is 16.6 Å². The fraction of sp³-hybridized carbons (Fsp3) is 0.0526. The quantitative estimate of drug-likeness (QED) is 0.562. The molecule has 26 heavy (non-hydrogen) atoms. The predicted molar refractivity (Wildman–Crippen MR) is 106 cm³/mol. The Bertz CT molecular complexity index is 1200. The highest BCUT2D eigenvalue weighted by Crippen LogP contribution is 2.23. The lowest BCUT2D eigenvalue weighted by Crippen LogP contribution is -2.21. The van der Waals surface area contributed by atoms with E-state index in [1.807, 2.05) is 30.3 Å². The Kier molecular flexibility index (Phi) is 4.06. The van der Waals surface area contributed by atoms with Gasteiger partial charge in [-0.05, 0) is 36.4 Å². The average Bonchev–Trinajstić information content (AvgIpc) is 2.68. The van der Waals surface area contributed by atoms with Crippen LogP contribution in [-0.2, 0) is 0 Å². The molecule has 3 heterocycles. The van der Waals surface area contributed by atoms with Gasteiger partial charge in [0.25, 0.3) is 5.56 Å². The smallest absolute Gasteiger partial charge is 0.268 e. The molecule has 0 unspecified atom stereocenters. The molecule has 0 fully saturated rings. The van der Waals surface area contributed by atoms with Gasteiger partial charge in [-0.15, -0.1) is 0 Å². The first-order valence-corrected chi connectivity index (χ1v) is 8.35. The van der Waals surface area contributed by atoms with E-state index in [9.17, 15) is 4.79 Å². The number of anilines is 2. The highest BCUT2D eigenvalue weighted by molar-refractivity contribution is 7.79. The van der Waals surface area contributed by atoms with Gasteiger partial charge < -0.3 is 10.1 Å². The summed E-state index contributed by atoms with van der Waals surface area (Å²) in [6.07, 6.45) is 3.39. The largest absolute Gasteiger partial charge is 0.493 e. The molecule has 0 amide bonds. The van der Waals surface area contributed by atoms with Gasteiger partial charge in [-0.1, -0.05) is 18.3 Å². The fourth-order valence-electron chi connectivity index (χ4n) is 2.80. The van der Waals surface area contributed by atoms with Crippen LogP contribution in [0.3, 0.4) is 0 Å². The third-order valence-corrected chi connectivity index (χ3v) is 4.29. The fourth-order valence-corrected chi connectivity index (χ4v) is 3.01. The number of aromatic nitrogens is 3. The van der Waals surface area contributed by atoms with E-state index in [1.165, 1.54) is 16.9 Å². The van der Waals surface area contributed by atoms with Crippen LogP contribution in [0, 0.1) is 0 Å². The number of nitrogens with one attached hydrogen (secondary N) is 1. The third-order valence-electron chi connectivity index (χ3n) is 4.06. The molecule has 0 atom stereocenters. The summed E-state index contributed by atoms with van der Waals surface area (Å²) in [4.78, 5) is 21.6. The Morgan fingerprint density at radius 1 is 1.23 bits per heavy atom. The van der Waals surface area contributed by atoms with Crippen molar-refractivity contribution in [3.05, 3.63) is 70.8 Å². The number of hydrogen-bond acceptors (Lipinski definition) is 6. The van der Waals surface area contributed by atoms with E-state index in [-0.39, 0.29) is 5.56 Å². The Hall–Kier alpha value is -3.32. The van der Waals surface area contributed by atoms with Crippen molar-refractivity contribution < 1.29 is 4.74 Å². The van der Waals surface area contributed by atoms with Crippen LogP contribution in [0.5, 0.6) is 5.75 Å². The molecule has 0 bridgehead atoms.